The number of rotatable bonds is 8. The summed E-state index contributed by atoms with van der Waals surface area (Å²) in [5, 5.41) is 12.6. The zero-order valence-electron chi connectivity index (χ0n) is 15.6. The molecule has 7 heteroatoms. The normalized spacial score (nSPS) is 15.6. The molecule has 0 radical (unpaired) electrons. The van der Waals surface area contributed by atoms with Gasteiger partial charge in [-0.15, -0.1) is 11.3 Å². The number of nitrogens with one attached hydrogen (secondary N) is 3. The molecule has 0 spiro atoms. The summed E-state index contributed by atoms with van der Waals surface area (Å²) in [6.07, 6.45) is 5.64. The van der Waals surface area contributed by atoms with E-state index in [1.807, 2.05) is 0 Å². The number of hydrogen-bond donors (Lipinski definition) is 3. The number of aromatic nitrogens is 1. The minimum Gasteiger partial charge on any atom is -0.355 e. The second kappa shape index (κ2) is 10.4. The minimum absolute atomic E-state index is 0.167. The number of hydrogen-bond acceptors (Lipinski definition) is 4. The van der Waals surface area contributed by atoms with E-state index < -0.39 is 0 Å². The molecule has 1 amide bonds. The van der Waals surface area contributed by atoms with Crippen LogP contribution in [0.3, 0.4) is 0 Å². The molecule has 1 aromatic rings. The van der Waals surface area contributed by atoms with Crippen LogP contribution in [0.15, 0.2) is 10.4 Å². The van der Waals surface area contributed by atoms with Crippen LogP contribution in [0.2, 0.25) is 0 Å². The van der Waals surface area contributed by atoms with Crippen molar-refractivity contribution in [3.8, 4) is 0 Å². The van der Waals surface area contributed by atoms with Gasteiger partial charge in [-0.1, -0.05) is 26.7 Å². The van der Waals surface area contributed by atoms with E-state index in [2.05, 4.69) is 45.2 Å². The van der Waals surface area contributed by atoms with E-state index in [-0.39, 0.29) is 5.91 Å². The Morgan fingerprint density at radius 2 is 2.00 bits per heavy atom. The molecule has 140 valence electrons. The Bertz CT molecular complexity index is 564. The quantitative estimate of drug-likeness (QED) is 0.376. The highest BCUT2D eigenvalue weighted by Crippen LogP contribution is 2.27. The van der Waals surface area contributed by atoms with E-state index >= 15 is 0 Å². The Morgan fingerprint density at radius 1 is 1.28 bits per heavy atom. The molecular weight excluding hydrogens is 334 g/mol. The van der Waals surface area contributed by atoms with Crippen molar-refractivity contribution in [1.82, 2.24) is 20.9 Å². The average Bonchev–Trinajstić information content (AvgIpc) is 3.26. The Kier molecular flexibility index (Phi) is 8.18. The van der Waals surface area contributed by atoms with E-state index in [4.69, 9.17) is 0 Å². The van der Waals surface area contributed by atoms with Gasteiger partial charge in [-0.3, -0.25) is 9.79 Å². The minimum atomic E-state index is 0.167. The monoisotopic (exact) mass is 365 g/mol. The molecule has 0 aliphatic heterocycles. The number of amides is 1. The zero-order chi connectivity index (χ0) is 18.1. The summed E-state index contributed by atoms with van der Waals surface area (Å²) in [5.74, 6) is 1.94. The second-order valence-corrected chi connectivity index (χ2v) is 7.82. The van der Waals surface area contributed by atoms with Crippen molar-refractivity contribution >= 4 is 23.2 Å². The van der Waals surface area contributed by atoms with Crippen molar-refractivity contribution in [1.29, 1.82) is 0 Å². The van der Waals surface area contributed by atoms with Gasteiger partial charge in [-0.05, 0) is 24.7 Å². The van der Waals surface area contributed by atoms with E-state index in [0.29, 0.717) is 37.9 Å². The lowest BCUT2D eigenvalue weighted by Crippen LogP contribution is -2.41. The molecule has 0 saturated heterocycles. The molecule has 1 aliphatic rings. The molecule has 1 heterocycles. The molecule has 3 N–H and O–H groups in total. The summed E-state index contributed by atoms with van der Waals surface area (Å²) < 4.78 is 0. The van der Waals surface area contributed by atoms with Gasteiger partial charge in [0.05, 0.1) is 12.2 Å². The van der Waals surface area contributed by atoms with Crippen molar-refractivity contribution in [2.24, 2.45) is 10.9 Å². The molecule has 0 aromatic carbocycles. The van der Waals surface area contributed by atoms with Gasteiger partial charge in [0.25, 0.3) is 0 Å². The zero-order valence-corrected chi connectivity index (χ0v) is 16.4. The van der Waals surface area contributed by atoms with Crippen molar-refractivity contribution in [3.63, 3.8) is 0 Å². The standard InChI is InChI=1S/C18H31N5OS/c1-13(2)15-12-25-17(23-15)11-22-18(19-3)21-9-8-20-16(24)10-14-6-4-5-7-14/h12-14H,4-11H2,1-3H3,(H,20,24)(H2,19,21,22). The maximum absolute atomic E-state index is 11.9. The van der Waals surface area contributed by atoms with Gasteiger partial charge >= 0.3 is 0 Å². The van der Waals surface area contributed by atoms with Crippen LogP contribution >= 0.6 is 11.3 Å². The highest BCUT2D eigenvalue weighted by molar-refractivity contribution is 7.09. The summed E-state index contributed by atoms with van der Waals surface area (Å²) in [7, 11) is 1.75. The van der Waals surface area contributed by atoms with Gasteiger partial charge in [0, 0.05) is 31.9 Å². The molecule has 1 saturated carbocycles. The first-order valence-corrected chi connectivity index (χ1v) is 10.1. The number of aliphatic imine (C=N–C) groups is 1. The molecule has 0 atom stereocenters. The molecule has 1 aromatic heterocycles. The average molecular weight is 366 g/mol. The molecule has 1 fully saturated rings. The number of nitrogens with zero attached hydrogens (tertiary/aromatic N) is 2. The fourth-order valence-electron chi connectivity index (χ4n) is 2.98. The van der Waals surface area contributed by atoms with Crippen LogP contribution in [0, 0.1) is 5.92 Å². The van der Waals surface area contributed by atoms with Gasteiger partial charge in [-0.2, -0.15) is 0 Å². The molecular formula is C18H31N5OS. The Labute approximate surface area is 154 Å². The summed E-state index contributed by atoms with van der Waals surface area (Å²) in [6, 6.07) is 0. The number of carbonyl (C=O) groups excluding carboxylic acids is 1. The lowest BCUT2D eigenvalue weighted by molar-refractivity contribution is -0.121. The lowest BCUT2D eigenvalue weighted by Gasteiger charge is -2.12. The predicted molar refractivity (Wildman–Crippen MR) is 104 cm³/mol. The van der Waals surface area contributed by atoms with Crippen LogP contribution in [0.5, 0.6) is 0 Å². The first-order valence-electron chi connectivity index (χ1n) is 9.24. The highest BCUT2D eigenvalue weighted by Gasteiger charge is 2.17. The van der Waals surface area contributed by atoms with Gasteiger partial charge < -0.3 is 16.0 Å². The van der Waals surface area contributed by atoms with Crippen LogP contribution in [-0.2, 0) is 11.3 Å². The van der Waals surface area contributed by atoms with Crippen LogP contribution in [-0.4, -0.2) is 37.0 Å². The summed E-state index contributed by atoms with van der Waals surface area (Å²) in [5.41, 5.74) is 1.13. The maximum Gasteiger partial charge on any atom is 0.220 e. The lowest BCUT2D eigenvalue weighted by atomic mass is 10.0. The van der Waals surface area contributed by atoms with Crippen molar-refractivity contribution < 1.29 is 4.79 Å². The number of carbonyl (C=O) groups is 1. The van der Waals surface area contributed by atoms with Crippen LogP contribution in [0.4, 0.5) is 0 Å². The molecule has 1 aliphatic carbocycles. The Morgan fingerprint density at radius 3 is 2.64 bits per heavy atom. The fourth-order valence-corrected chi connectivity index (χ4v) is 3.88. The highest BCUT2D eigenvalue weighted by atomic mass is 32.1. The van der Waals surface area contributed by atoms with Gasteiger partial charge in [0.2, 0.25) is 5.91 Å². The van der Waals surface area contributed by atoms with Gasteiger partial charge in [0.15, 0.2) is 5.96 Å². The first-order chi connectivity index (χ1) is 12.1. The van der Waals surface area contributed by atoms with Crippen LogP contribution in [0.1, 0.15) is 62.6 Å². The summed E-state index contributed by atoms with van der Waals surface area (Å²) >= 11 is 1.66. The third kappa shape index (κ3) is 7.02. The SMILES string of the molecule is CN=C(NCCNC(=O)CC1CCCC1)NCc1nc(C(C)C)cs1. The number of guanidine groups is 1. The molecule has 25 heavy (non-hydrogen) atoms. The van der Waals surface area contributed by atoms with Crippen LogP contribution < -0.4 is 16.0 Å². The first kappa shape index (κ1) is 19.7. The Hall–Kier alpha value is -1.63. The van der Waals surface area contributed by atoms with Crippen molar-refractivity contribution in [3.05, 3.63) is 16.1 Å². The summed E-state index contributed by atoms with van der Waals surface area (Å²) in [6.45, 7) is 6.22. The molecule has 0 unspecified atom stereocenters. The smallest absolute Gasteiger partial charge is 0.220 e. The third-order valence-electron chi connectivity index (χ3n) is 4.48. The molecule has 2 rings (SSSR count). The summed E-state index contributed by atoms with van der Waals surface area (Å²) in [4.78, 5) is 20.7. The maximum atomic E-state index is 11.9. The third-order valence-corrected chi connectivity index (χ3v) is 5.35. The topological polar surface area (TPSA) is 78.4 Å². The van der Waals surface area contributed by atoms with E-state index in [9.17, 15) is 4.79 Å². The van der Waals surface area contributed by atoms with Crippen molar-refractivity contribution in [2.75, 3.05) is 20.1 Å². The van der Waals surface area contributed by atoms with Crippen LogP contribution in [0.25, 0.3) is 0 Å². The van der Waals surface area contributed by atoms with Gasteiger partial charge in [0.1, 0.15) is 5.01 Å². The van der Waals surface area contributed by atoms with E-state index in [0.717, 1.165) is 16.7 Å². The number of thiazole rings is 1. The van der Waals surface area contributed by atoms with Gasteiger partial charge in [-0.25, -0.2) is 4.98 Å². The van der Waals surface area contributed by atoms with E-state index in [1.165, 1.54) is 25.7 Å². The largest absolute Gasteiger partial charge is 0.355 e. The molecule has 6 nitrogen and oxygen atoms in total. The van der Waals surface area contributed by atoms with Crippen molar-refractivity contribution in [2.45, 2.75) is 58.4 Å². The Balaban J connectivity index is 1.60. The fraction of sp³-hybridized carbons (Fsp3) is 0.722. The van der Waals surface area contributed by atoms with E-state index in [1.54, 1.807) is 18.4 Å². The second-order valence-electron chi connectivity index (χ2n) is 6.88. The predicted octanol–water partition coefficient (Wildman–Crippen LogP) is 2.63. The molecule has 0 bridgehead atoms.